The number of aliphatic hydroxyl groups is 2. The average Bonchev–Trinajstić information content (AvgIpc) is 3.30. The van der Waals surface area contributed by atoms with E-state index in [-0.39, 0.29) is 24.9 Å². The van der Waals surface area contributed by atoms with Crippen LogP contribution in [0.15, 0.2) is 24.3 Å². The van der Waals surface area contributed by atoms with Crippen molar-refractivity contribution in [3.63, 3.8) is 0 Å². The van der Waals surface area contributed by atoms with Crippen molar-refractivity contribution in [1.29, 1.82) is 0 Å². The van der Waals surface area contributed by atoms with E-state index in [2.05, 4.69) is 50.4 Å². The van der Waals surface area contributed by atoms with Crippen molar-refractivity contribution in [1.82, 2.24) is 5.32 Å². The fourth-order valence-corrected chi connectivity index (χ4v) is 9.13. The van der Waals surface area contributed by atoms with E-state index in [1.807, 2.05) is 0 Å². The first-order chi connectivity index (χ1) is 32.0. The summed E-state index contributed by atoms with van der Waals surface area (Å²) in [7, 11) is 0. The van der Waals surface area contributed by atoms with Crippen LogP contribution in [0.3, 0.4) is 0 Å². The maximum Gasteiger partial charge on any atom is 0.306 e. The van der Waals surface area contributed by atoms with Crippen molar-refractivity contribution >= 4 is 11.9 Å². The summed E-state index contributed by atoms with van der Waals surface area (Å²) >= 11 is 0. The molecule has 0 spiro atoms. The highest BCUT2D eigenvalue weighted by atomic mass is 16.5. The molecule has 0 aliphatic carbocycles. The van der Waals surface area contributed by atoms with E-state index in [1.54, 1.807) is 0 Å². The SMILES string of the molecule is CCCCCCCCC/C=C/C=C/CCCCCC(CC(=O)NC(CO)C(O)CCCCCCCCCCCCCCC)OC(=O)CCCCCCCCCCCCCCCCCCC. The lowest BCUT2D eigenvalue weighted by Gasteiger charge is -2.24. The highest BCUT2D eigenvalue weighted by Crippen LogP contribution is 2.19. The van der Waals surface area contributed by atoms with E-state index in [4.69, 9.17) is 4.74 Å². The van der Waals surface area contributed by atoms with Gasteiger partial charge in [0.2, 0.25) is 5.91 Å². The van der Waals surface area contributed by atoms with E-state index in [0.29, 0.717) is 19.3 Å². The zero-order chi connectivity index (χ0) is 47.4. The third-order valence-corrected chi connectivity index (χ3v) is 13.6. The normalized spacial score (nSPS) is 13.2. The standard InChI is InChI=1S/C59H113NO5/c1-4-7-10-13-16-19-22-25-27-29-31-34-37-40-43-46-49-52-59(64)65-55(50-47-44-41-38-35-33-30-28-26-23-20-17-14-11-8-5-2)53-58(63)60-56(54-61)57(62)51-48-45-42-39-36-32-24-21-18-15-12-9-6-3/h28,30,33,35,55-57,61-62H,4-27,29,31-32,34,36-54H2,1-3H3,(H,60,63)/b30-28+,35-33+. The third-order valence-electron chi connectivity index (χ3n) is 13.6. The second kappa shape index (κ2) is 53.3. The predicted octanol–water partition coefficient (Wildman–Crippen LogP) is 17.9. The number of carbonyl (C=O) groups excluding carboxylic acids is 2. The zero-order valence-corrected chi connectivity index (χ0v) is 43.9. The Labute approximate surface area is 405 Å². The number of unbranched alkanes of at least 4 members (excludes halogenated alkanes) is 38. The molecule has 0 saturated carbocycles. The molecular formula is C59H113NO5. The van der Waals surface area contributed by atoms with Crippen molar-refractivity contribution in [3.05, 3.63) is 24.3 Å². The van der Waals surface area contributed by atoms with Gasteiger partial charge in [0.05, 0.1) is 25.2 Å². The molecule has 0 aromatic heterocycles. The first kappa shape index (κ1) is 63.3. The molecule has 0 aliphatic rings. The number of aliphatic hydroxyl groups excluding tert-OH is 2. The quantitative estimate of drug-likeness (QED) is 0.0321. The lowest BCUT2D eigenvalue weighted by molar-refractivity contribution is -0.151. The summed E-state index contributed by atoms with van der Waals surface area (Å²) < 4.78 is 5.96. The van der Waals surface area contributed by atoms with Gasteiger partial charge in [-0.1, -0.05) is 276 Å². The van der Waals surface area contributed by atoms with Crippen LogP contribution in [0.4, 0.5) is 0 Å². The number of ether oxygens (including phenoxy) is 1. The second-order valence-electron chi connectivity index (χ2n) is 20.1. The van der Waals surface area contributed by atoms with Gasteiger partial charge >= 0.3 is 5.97 Å². The van der Waals surface area contributed by atoms with Crippen molar-refractivity contribution in [2.75, 3.05) is 6.61 Å². The van der Waals surface area contributed by atoms with Crippen molar-refractivity contribution < 1.29 is 24.5 Å². The number of hydrogen-bond acceptors (Lipinski definition) is 5. The van der Waals surface area contributed by atoms with Crippen molar-refractivity contribution in [3.8, 4) is 0 Å². The lowest BCUT2D eigenvalue weighted by Crippen LogP contribution is -2.46. The number of esters is 1. The average molecular weight is 917 g/mol. The van der Waals surface area contributed by atoms with Crippen LogP contribution in [0.2, 0.25) is 0 Å². The molecule has 0 radical (unpaired) electrons. The molecule has 0 bridgehead atoms. The molecule has 0 rings (SSSR count). The van der Waals surface area contributed by atoms with Gasteiger partial charge in [-0.15, -0.1) is 0 Å². The minimum Gasteiger partial charge on any atom is -0.462 e. The summed E-state index contributed by atoms with van der Waals surface area (Å²) in [6, 6.07) is -0.706. The molecule has 1 amide bonds. The fraction of sp³-hybridized carbons (Fsp3) is 0.898. The van der Waals surface area contributed by atoms with Crippen LogP contribution in [0, 0.1) is 0 Å². The van der Waals surface area contributed by atoms with E-state index in [0.717, 1.165) is 64.2 Å². The van der Waals surface area contributed by atoms with Crippen LogP contribution in [-0.2, 0) is 14.3 Å². The van der Waals surface area contributed by atoms with Gasteiger partial charge in [0, 0.05) is 6.42 Å². The molecule has 0 saturated heterocycles. The van der Waals surface area contributed by atoms with Gasteiger partial charge in [-0.05, 0) is 51.4 Å². The van der Waals surface area contributed by atoms with Crippen LogP contribution in [0.5, 0.6) is 0 Å². The number of nitrogens with one attached hydrogen (secondary N) is 1. The highest BCUT2D eigenvalue weighted by Gasteiger charge is 2.24. The first-order valence-corrected chi connectivity index (χ1v) is 29.1. The topological polar surface area (TPSA) is 95.9 Å². The van der Waals surface area contributed by atoms with Gasteiger partial charge in [0.25, 0.3) is 0 Å². The number of rotatable bonds is 53. The molecule has 0 heterocycles. The van der Waals surface area contributed by atoms with Gasteiger partial charge in [0.15, 0.2) is 0 Å². The maximum absolute atomic E-state index is 13.3. The number of carbonyl (C=O) groups is 2. The molecular weight excluding hydrogens is 803 g/mol. The highest BCUT2D eigenvalue weighted by molar-refractivity contribution is 5.77. The van der Waals surface area contributed by atoms with Crippen LogP contribution in [0.1, 0.15) is 316 Å². The van der Waals surface area contributed by atoms with Gasteiger partial charge in [-0.3, -0.25) is 9.59 Å². The van der Waals surface area contributed by atoms with Crippen molar-refractivity contribution in [2.24, 2.45) is 0 Å². The summed E-state index contributed by atoms with van der Waals surface area (Å²) in [4.78, 5) is 26.3. The Kier molecular flexibility index (Phi) is 51.9. The number of amides is 1. The monoisotopic (exact) mass is 916 g/mol. The molecule has 6 heteroatoms. The Morgan fingerprint density at radius 2 is 0.769 bits per heavy atom. The first-order valence-electron chi connectivity index (χ1n) is 29.1. The molecule has 0 aromatic rings. The van der Waals surface area contributed by atoms with E-state index in [9.17, 15) is 19.8 Å². The lowest BCUT2D eigenvalue weighted by atomic mass is 10.0. The Hall–Kier alpha value is -1.66. The largest absolute Gasteiger partial charge is 0.462 e. The van der Waals surface area contributed by atoms with Gasteiger partial charge < -0.3 is 20.3 Å². The number of allylic oxidation sites excluding steroid dienone is 4. The molecule has 0 fully saturated rings. The molecule has 0 aromatic carbocycles. The summed E-state index contributed by atoms with van der Waals surface area (Å²) in [6.45, 7) is 6.51. The number of hydrogen-bond donors (Lipinski definition) is 3. The van der Waals surface area contributed by atoms with E-state index >= 15 is 0 Å². The van der Waals surface area contributed by atoms with Crippen LogP contribution < -0.4 is 5.32 Å². The maximum atomic E-state index is 13.3. The fourth-order valence-electron chi connectivity index (χ4n) is 9.13. The Morgan fingerprint density at radius 1 is 0.446 bits per heavy atom. The minimum absolute atomic E-state index is 0.0657. The predicted molar refractivity (Wildman–Crippen MR) is 283 cm³/mol. The summed E-state index contributed by atoms with van der Waals surface area (Å²) in [6.07, 6.45) is 62.4. The Balaban J connectivity index is 4.56. The van der Waals surface area contributed by atoms with Crippen LogP contribution in [0.25, 0.3) is 0 Å². The molecule has 0 aliphatic heterocycles. The van der Waals surface area contributed by atoms with Gasteiger partial charge in [-0.25, -0.2) is 0 Å². The molecule has 3 unspecified atom stereocenters. The third kappa shape index (κ3) is 48.6. The second-order valence-corrected chi connectivity index (χ2v) is 20.1. The summed E-state index contributed by atoms with van der Waals surface area (Å²) in [5, 5.41) is 23.9. The molecule has 65 heavy (non-hydrogen) atoms. The van der Waals surface area contributed by atoms with E-state index in [1.165, 1.54) is 205 Å². The van der Waals surface area contributed by atoms with Crippen LogP contribution >= 0.6 is 0 Å². The Bertz CT molecular complexity index is 1030. The van der Waals surface area contributed by atoms with Gasteiger partial charge in [-0.2, -0.15) is 0 Å². The molecule has 384 valence electrons. The summed E-state index contributed by atoms with van der Waals surface area (Å²) in [5.74, 6) is -0.480. The molecule has 6 nitrogen and oxygen atoms in total. The smallest absolute Gasteiger partial charge is 0.306 e. The molecule has 3 N–H and O–H groups in total. The van der Waals surface area contributed by atoms with Crippen molar-refractivity contribution in [2.45, 2.75) is 334 Å². The molecule has 3 atom stereocenters. The summed E-state index contributed by atoms with van der Waals surface area (Å²) in [5.41, 5.74) is 0. The minimum atomic E-state index is -0.791. The Morgan fingerprint density at radius 3 is 1.15 bits per heavy atom. The van der Waals surface area contributed by atoms with Gasteiger partial charge in [0.1, 0.15) is 6.10 Å². The van der Waals surface area contributed by atoms with E-state index < -0.39 is 18.2 Å². The zero-order valence-electron chi connectivity index (χ0n) is 43.9. The van der Waals surface area contributed by atoms with Crippen LogP contribution in [-0.4, -0.2) is 46.9 Å².